The maximum Gasteiger partial charge on any atom is 0.160 e. The molecule has 0 amide bonds. The van der Waals surface area contributed by atoms with E-state index in [0.29, 0.717) is 0 Å². The van der Waals surface area contributed by atoms with Crippen LogP contribution in [0.25, 0.3) is 11.2 Å². The molecule has 3 rings (SSSR count). The Morgan fingerprint density at radius 2 is 2.10 bits per heavy atom. The molecule has 0 saturated carbocycles. The monoisotopic (exact) mass is 367 g/mol. The van der Waals surface area contributed by atoms with Gasteiger partial charge in [-0.15, -0.1) is 11.6 Å². The van der Waals surface area contributed by atoms with Crippen molar-refractivity contribution in [1.82, 2.24) is 14.5 Å². The predicted octanol–water partition coefficient (Wildman–Crippen LogP) is 5.00. The van der Waals surface area contributed by atoms with Crippen molar-refractivity contribution >= 4 is 38.7 Å². The maximum atomic E-state index is 6.30. The first-order chi connectivity index (χ1) is 9.97. The van der Waals surface area contributed by atoms with Crippen LogP contribution in [0.4, 0.5) is 0 Å². The van der Waals surface area contributed by atoms with E-state index in [9.17, 15) is 0 Å². The Morgan fingerprint density at radius 3 is 2.71 bits per heavy atom. The molecule has 3 heterocycles. The van der Waals surface area contributed by atoms with Gasteiger partial charge in [0.15, 0.2) is 5.65 Å². The normalized spacial score (nSPS) is 14.5. The molecule has 6 heteroatoms. The fourth-order valence-electron chi connectivity index (χ4n) is 2.44. The van der Waals surface area contributed by atoms with Crippen molar-refractivity contribution < 1.29 is 4.42 Å². The van der Waals surface area contributed by atoms with Crippen LogP contribution in [-0.4, -0.2) is 14.5 Å². The summed E-state index contributed by atoms with van der Waals surface area (Å²) >= 11 is 9.73. The van der Waals surface area contributed by atoms with Gasteiger partial charge in [-0.05, 0) is 54.9 Å². The third-order valence-electron chi connectivity index (χ3n) is 3.44. The molecule has 2 atom stereocenters. The minimum Gasteiger partial charge on any atom is -0.464 e. The summed E-state index contributed by atoms with van der Waals surface area (Å²) in [5, 5.41) is -0.212. The highest BCUT2D eigenvalue weighted by Gasteiger charge is 2.22. The van der Waals surface area contributed by atoms with Crippen LogP contribution in [0, 0.1) is 6.92 Å². The van der Waals surface area contributed by atoms with Crippen LogP contribution in [0.5, 0.6) is 0 Å². The number of halogens is 2. The molecule has 21 heavy (non-hydrogen) atoms. The first kappa shape index (κ1) is 14.6. The number of aryl methyl sites for hydroxylation is 1. The largest absolute Gasteiger partial charge is 0.464 e. The van der Waals surface area contributed by atoms with Crippen LogP contribution < -0.4 is 0 Å². The van der Waals surface area contributed by atoms with Gasteiger partial charge >= 0.3 is 0 Å². The van der Waals surface area contributed by atoms with E-state index in [1.54, 1.807) is 6.20 Å². The summed E-state index contributed by atoms with van der Waals surface area (Å²) in [4.78, 5) is 9.11. The van der Waals surface area contributed by atoms with Crippen LogP contribution >= 0.6 is 27.5 Å². The number of hydrogen-bond donors (Lipinski definition) is 0. The number of fused-ring (bicyclic) bond motifs is 1. The molecular weight excluding hydrogens is 354 g/mol. The Bertz CT molecular complexity index is 793. The zero-order valence-electron chi connectivity index (χ0n) is 12.0. The zero-order chi connectivity index (χ0) is 15.1. The number of furan rings is 1. The van der Waals surface area contributed by atoms with Crippen LogP contribution in [0.1, 0.15) is 42.6 Å². The molecule has 0 fully saturated rings. The molecular formula is C15H15BrClN3O. The van der Waals surface area contributed by atoms with Crippen molar-refractivity contribution in [2.24, 2.45) is 0 Å². The van der Waals surface area contributed by atoms with Gasteiger partial charge in [-0.1, -0.05) is 0 Å². The van der Waals surface area contributed by atoms with Crippen molar-refractivity contribution in [3.8, 4) is 0 Å². The van der Waals surface area contributed by atoms with Crippen molar-refractivity contribution in [3.63, 3.8) is 0 Å². The second kappa shape index (κ2) is 5.46. The second-order valence-electron chi connectivity index (χ2n) is 5.08. The molecule has 110 valence electrons. The summed E-state index contributed by atoms with van der Waals surface area (Å²) in [5.74, 6) is 2.55. The standard InChI is InChI=1S/C15H15BrClN3O/c1-8-4-5-13(21-8)10(3)20-14(9(2)17)19-12-6-11(16)7-18-15(12)20/h4-7,9-10H,1-3H3. The number of rotatable bonds is 3. The highest BCUT2D eigenvalue weighted by Crippen LogP contribution is 2.31. The SMILES string of the molecule is Cc1ccc(C(C)n2c(C(C)Cl)nc3cc(Br)cnc32)o1. The number of nitrogens with zero attached hydrogens (tertiary/aromatic N) is 3. The Morgan fingerprint density at radius 1 is 1.33 bits per heavy atom. The molecule has 0 spiro atoms. The minimum absolute atomic E-state index is 0.0198. The van der Waals surface area contributed by atoms with Gasteiger partial charge in [0.1, 0.15) is 22.9 Å². The van der Waals surface area contributed by atoms with Gasteiger partial charge in [0, 0.05) is 10.7 Å². The summed E-state index contributed by atoms with van der Waals surface area (Å²) in [5.41, 5.74) is 1.63. The fourth-order valence-corrected chi connectivity index (χ4v) is 2.92. The van der Waals surface area contributed by atoms with E-state index in [-0.39, 0.29) is 11.4 Å². The van der Waals surface area contributed by atoms with Crippen LogP contribution in [0.15, 0.2) is 33.3 Å². The highest BCUT2D eigenvalue weighted by atomic mass is 79.9. The molecule has 0 saturated heterocycles. The van der Waals surface area contributed by atoms with Crippen LogP contribution in [0.2, 0.25) is 0 Å². The molecule has 0 N–H and O–H groups in total. The Kier molecular flexibility index (Phi) is 3.80. The van der Waals surface area contributed by atoms with E-state index in [1.807, 2.05) is 36.6 Å². The molecule has 3 aromatic heterocycles. The topological polar surface area (TPSA) is 43.9 Å². The lowest BCUT2D eigenvalue weighted by Crippen LogP contribution is -2.11. The summed E-state index contributed by atoms with van der Waals surface area (Å²) in [7, 11) is 0. The molecule has 0 radical (unpaired) electrons. The summed E-state index contributed by atoms with van der Waals surface area (Å²) in [6.45, 7) is 5.91. The van der Waals surface area contributed by atoms with E-state index in [2.05, 4.69) is 32.8 Å². The molecule has 0 aliphatic heterocycles. The predicted molar refractivity (Wildman–Crippen MR) is 86.8 cm³/mol. The first-order valence-corrected chi connectivity index (χ1v) is 7.94. The first-order valence-electron chi connectivity index (χ1n) is 6.71. The van der Waals surface area contributed by atoms with E-state index in [4.69, 9.17) is 16.0 Å². The summed E-state index contributed by atoms with van der Waals surface area (Å²) in [6, 6.07) is 5.86. The lowest BCUT2D eigenvalue weighted by atomic mass is 10.2. The number of aromatic nitrogens is 3. The molecule has 3 aromatic rings. The van der Waals surface area contributed by atoms with Crippen molar-refractivity contribution in [2.45, 2.75) is 32.2 Å². The van der Waals surface area contributed by atoms with Gasteiger partial charge in [-0.25, -0.2) is 9.97 Å². The minimum atomic E-state index is -0.212. The number of pyridine rings is 1. The van der Waals surface area contributed by atoms with Gasteiger partial charge in [-0.2, -0.15) is 0 Å². The van der Waals surface area contributed by atoms with Gasteiger partial charge in [-0.3, -0.25) is 0 Å². The Balaban J connectivity index is 2.21. The number of hydrogen-bond acceptors (Lipinski definition) is 3. The van der Waals surface area contributed by atoms with E-state index < -0.39 is 0 Å². The average molecular weight is 369 g/mol. The van der Waals surface area contributed by atoms with E-state index >= 15 is 0 Å². The quantitative estimate of drug-likeness (QED) is 0.611. The van der Waals surface area contributed by atoms with Crippen LogP contribution in [0.3, 0.4) is 0 Å². The fraction of sp³-hybridized carbons (Fsp3) is 0.333. The molecule has 2 unspecified atom stereocenters. The number of imidazole rings is 1. The molecule has 0 bridgehead atoms. The average Bonchev–Trinajstić information content (AvgIpc) is 3.01. The third kappa shape index (κ3) is 2.60. The molecule has 4 nitrogen and oxygen atoms in total. The zero-order valence-corrected chi connectivity index (χ0v) is 14.3. The molecule has 0 aromatic carbocycles. The van der Waals surface area contributed by atoms with Gasteiger partial charge in [0.05, 0.1) is 11.4 Å². The van der Waals surface area contributed by atoms with E-state index in [1.165, 1.54) is 0 Å². The summed E-state index contributed by atoms with van der Waals surface area (Å²) < 4.78 is 8.69. The lowest BCUT2D eigenvalue weighted by molar-refractivity contribution is 0.427. The maximum absolute atomic E-state index is 6.30. The number of alkyl halides is 1. The summed E-state index contributed by atoms with van der Waals surface area (Å²) in [6.07, 6.45) is 1.77. The highest BCUT2D eigenvalue weighted by molar-refractivity contribution is 9.10. The van der Waals surface area contributed by atoms with Crippen LogP contribution in [-0.2, 0) is 0 Å². The lowest BCUT2D eigenvalue weighted by Gasteiger charge is -2.16. The van der Waals surface area contributed by atoms with Gasteiger partial charge in [0.25, 0.3) is 0 Å². The Hall–Kier alpha value is -1.33. The third-order valence-corrected chi connectivity index (χ3v) is 4.07. The van der Waals surface area contributed by atoms with Crippen molar-refractivity contribution in [1.29, 1.82) is 0 Å². The van der Waals surface area contributed by atoms with E-state index in [0.717, 1.165) is 33.0 Å². The molecule has 0 aliphatic carbocycles. The molecule has 0 aliphatic rings. The van der Waals surface area contributed by atoms with Gasteiger partial charge in [0.2, 0.25) is 0 Å². The van der Waals surface area contributed by atoms with Crippen molar-refractivity contribution in [2.75, 3.05) is 0 Å². The van der Waals surface area contributed by atoms with Crippen molar-refractivity contribution in [3.05, 3.63) is 46.2 Å². The Labute approximate surface area is 136 Å². The smallest absolute Gasteiger partial charge is 0.160 e. The van der Waals surface area contributed by atoms with Gasteiger partial charge < -0.3 is 8.98 Å². The second-order valence-corrected chi connectivity index (χ2v) is 6.65.